The second-order valence-electron chi connectivity index (χ2n) is 8.19. The maximum Gasteiger partial charge on any atom is 0.253 e. The molecule has 0 aromatic heterocycles. The van der Waals surface area contributed by atoms with Crippen LogP contribution in [0.4, 0.5) is 5.69 Å². The predicted molar refractivity (Wildman–Crippen MR) is 102 cm³/mol. The van der Waals surface area contributed by atoms with Gasteiger partial charge in [-0.3, -0.25) is 9.59 Å². The zero-order chi connectivity index (χ0) is 18.7. The number of hydrogen-bond donors (Lipinski definition) is 2. The second-order valence-corrected chi connectivity index (χ2v) is 8.19. The quantitative estimate of drug-likeness (QED) is 0.792. The number of benzene rings is 1. The Bertz CT molecular complexity index is 648. The van der Waals surface area contributed by atoms with Gasteiger partial charge >= 0.3 is 0 Å². The Kier molecular flexibility index (Phi) is 5.66. The Morgan fingerprint density at radius 3 is 2.27 bits per heavy atom. The fourth-order valence-electron chi connectivity index (χ4n) is 3.90. The Morgan fingerprint density at radius 2 is 1.73 bits per heavy atom. The van der Waals surface area contributed by atoms with Crippen LogP contribution in [-0.2, 0) is 4.79 Å². The van der Waals surface area contributed by atoms with Crippen molar-refractivity contribution in [1.82, 2.24) is 4.90 Å². The molecule has 0 unspecified atom stereocenters. The molecule has 5 nitrogen and oxygen atoms in total. The van der Waals surface area contributed by atoms with Crippen molar-refractivity contribution in [3.63, 3.8) is 0 Å². The molecule has 0 saturated heterocycles. The van der Waals surface area contributed by atoms with E-state index in [0.29, 0.717) is 18.0 Å². The van der Waals surface area contributed by atoms with Crippen LogP contribution in [0.1, 0.15) is 62.2 Å². The van der Waals surface area contributed by atoms with Gasteiger partial charge in [-0.2, -0.15) is 0 Å². The van der Waals surface area contributed by atoms with E-state index in [2.05, 4.69) is 12.2 Å². The predicted octanol–water partition coefficient (Wildman–Crippen LogP) is 3.44. The third-order valence-corrected chi connectivity index (χ3v) is 5.76. The molecule has 2 aliphatic rings. The molecule has 0 spiro atoms. The van der Waals surface area contributed by atoms with E-state index in [4.69, 9.17) is 0 Å². The van der Waals surface area contributed by atoms with Crippen LogP contribution in [0.15, 0.2) is 24.3 Å². The molecule has 0 radical (unpaired) electrons. The minimum atomic E-state index is -0.768. The van der Waals surface area contributed by atoms with Crippen LogP contribution in [0.2, 0.25) is 0 Å². The van der Waals surface area contributed by atoms with Gasteiger partial charge in [-0.15, -0.1) is 0 Å². The highest BCUT2D eigenvalue weighted by molar-refractivity contribution is 5.96. The number of anilines is 1. The smallest absolute Gasteiger partial charge is 0.253 e. The summed E-state index contributed by atoms with van der Waals surface area (Å²) >= 11 is 0. The lowest BCUT2D eigenvalue weighted by molar-refractivity contribution is -0.117. The summed E-state index contributed by atoms with van der Waals surface area (Å²) in [5, 5.41) is 13.7. The molecule has 0 heterocycles. The van der Waals surface area contributed by atoms with Crippen molar-refractivity contribution >= 4 is 17.5 Å². The van der Waals surface area contributed by atoms with Gasteiger partial charge in [0.2, 0.25) is 5.91 Å². The summed E-state index contributed by atoms with van der Waals surface area (Å²) in [6.45, 7) is 2.44. The first-order valence-electron chi connectivity index (χ1n) is 9.77. The number of amides is 2. The maximum absolute atomic E-state index is 12.7. The SMILES string of the molecule is C[C@H]1C[C@H]1C(=O)Nc1ccc(C(=O)N(C)CC2(O)CCCCCC2)cc1. The van der Waals surface area contributed by atoms with Gasteiger partial charge in [0.05, 0.1) is 5.60 Å². The van der Waals surface area contributed by atoms with E-state index in [-0.39, 0.29) is 17.7 Å². The lowest BCUT2D eigenvalue weighted by atomic mass is 9.94. The summed E-state index contributed by atoms with van der Waals surface area (Å²) in [4.78, 5) is 26.3. The summed E-state index contributed by atoms with van der Waals surface area (Å²) in [5.74, 6) is 0.558. The van der Waals surface area contributed by atoms with Crippen molar-refractivity contribution in [2.24, 2.45) is 11.8 Å². The van der Waals surface area contributed by atoms with Crippen molar-refractivity contribution in [3.8, 4) is 0 Å². The number of nitrogens with one attached hydrogen (secondary N) is 1. The second kappa shape index (κ2) is 7.78. The molecule has 2 aliphatic carbocycles. The average molecular weight is 358 g/mol. The Balaban J connectivity index is 1.57. The normalized spacial score (nSPS) is 24.4. The number of nitrogens with zero attached hydrogens (tertiary/aromatic N) is 1. The number of aliphatic hydroxyl groups is 1. The third-order valence-electron chi connectivity index (χ3n) is 5.76. The molecule has 2 N–H and O–H groups in total. The number of rotatable bonds is 5. The van der Waals surface area contributed by atoms with Crippen LogP contribution >= 0.6 is 0 Å². The molecule has 0 bridgehead atoms. The van der Waals surface area contributed by atoms with Gasteiger partial charge in [-0.25, -0.2) is 0 Å². The van der Waals surface area contributed by atoms with Gasteiger partial charge in [-0.1, -0.05) is 32.6 Å². The molecule has 0 aliphatic heterocycles. The zero-order valence-corrected chi connectivity index (χ0v) is 15.8. The summed E-state index contributed by atoms with van der Waals surface area (Å²) in [6, 6.07) is 7.02. The largest absolute Gasteiger partial charge is 0.388 e. The number of likely N-dealkylation sites (N-methyl/N-ethyl adjacent to an activating group) is 1. The Morgan fingerprint density at radius 1 is 1.15 bits per heavy atom. The van der Waals surface area contributed by atoms with E-state index in [0.717, 1.165) is 50.6 Å². The molecule has 2 saturated carbocycles. The van der Waals surface area contributed by atoms with Crippen LogP contribution < -0.4 is 5.32 Å². The van der Waals surface area contributed by atoms with Gasteiger partial charge < -0.3 is 15.3 Å². The molecule has 2 fully saturated rings. The highest BCUT2D eigenvalue weighted by Gasteiger charge is 2.39. The Labute approximate surface area is 155 Å². The standard InChI is InChI=1S/C21H30N2O3/c1-15-13-18(15)19(24)22-17-9-7-16(8-10-17)20(25)23(2)14-21(26)11-5-3-4-6-12-21/h7-10,15,18,26H,3-6,11-14H2,1-2H3,(H,22,24)/t15-,18+/m0/s1. The molecule has 26 heavy (non-hydrogen) atoms. The van der Waals surface area contributed by atoms with Crippen LogP contribution in [0.3, 0.4) is 0 Å². The van der Waals surface area contributed by atoms with Gasteiger partial charge in [0.1, 0.15) is 0 Å². The topological polar surface area (TPSA) is 69.6 Å². The first-order valence-corrected chi connectivity index (χ1v) is 9.77. The molecule has 5 heteroatoms. The van der Waals surface area contributed by atoms with Gasteiger partial charge in [0.25, 0.3) is 5.91 Å². The molecule has 2 amide bonds. The summed E-state index contributed by atoms with van der Waals surface area (Å²) < 4.78 is 0. The minimum absolute atomic E-state index is 0.0595. The van der Waals surface area contributed by atoms with Gasteiger partial charge in [0.15, 0.2) is 0 Å². The monoisotopic (exact) mass is 358 g/mol. The fourth-order valence-corrected chi connectivity index (χ4v) is 3.90. The van der Waals surface area contributed by atoms with E-state index in [1.165, 1.54) is 0 Å². The van der Waals surface area contributed by atoms with Gasteiger partial charge in [0, 0.05) is 30.8 Å². The highest BCUT2D eigenvalue weighted by atomic mass is 16.3. The highest BCUT2D eigenvalue weighted by Crippen LogP contribution is 2.38. The van der Waals surface area contributed by atoms with Crippen molar-refractivity contribution in [2.45, 2.75) is 57.5 Å². The van der Waals surface area contributed by atoms with E-state index in [1.54, 1.807) is 36.2 Å². The molecule has 2 atom stereocenters. The molecular weight excluding hydrogens is 328 g/mol. The minimum Gasteiger partial charge on any atom is -0.388 e. The van der Waals surface area contributed by atoms with Crippen molar-refractivity contribution in [2.75, 3.05) is 18.9 Å². The van der Waals surface area contributed by atoms with Crippen LogP contribution in [0.25, 0.3) is 0 Å². The molecule has 1 aromatic carbocycles. The van der Waals surface area contributed by atoms with E-state index < -0.39 is 5.60 Å². The van der Waals surface area contributed by atoms with Crippen molar-refractivity contribution < 1.29 is 14.7 Å². The lowest BCUT2D eigenvalue weighted by Gasteiger charge is -2.31. The van der Waals surface area contributed by atoms with Crippen LogP contribution in [0, 0.1) is 11.8 Å². The third kappa shape index (κ3) is 4.64. The van der Waals surface area contributed by atoms with E-state index in [1.807, 2.05) is 0 Å². The van der Waals surface area contributed by atoms with E-state index in [9.17, 15) is 14.7 Å². The van der Waals surface area contributed by atoms with Crippen molar-refractivity contribution in [1.29, 1.82) is 0 Å². The summed E-state index contributed by atoms with van der Waals surface area (Å²) in [7, 11) is 1.75. The number of hydrogen-bond acceptors (Lipinski definition) is 3. The zero-order valence-electron chi connectivity index (χ0n) is 15.8. The lowest BCUT2D eigenvalue weighted by Crippen LogP contribution is -2.43. The summed E-state index contributed by atoms with van der Waals surface area (Å²) in [5.41, 5.74) is 0.522. The molecule has 3 rings (SSSR count). The number of carbonyl (C=O) groups excluding carboxylic acids is 2. The first-order chi connectivity index (χ1) is 12.4. The number of carbonyl (C=O) groups is 2. The van der Waals surface area contributed by atoms with Gasteiger partial charge in [-0.05, 0) is 49.4 Å². The Hall–Kier alpha value is -1.88. The van der Waals surface area contributed by atoms with Crippen LogP contribution in [-0.4, -0.2) is 41.0 Å². The first kappa shape index (κ1) is 18.9. The molecular formula is C21H30N2O3. The van der Waals surface area contributed by atoms with E-state index >= 15 is 0 Å². The average Bonchev–Trinajstić information content (AvgIpc) is 3.38. The summed E-state index contributed by atoms with van der Waals surface area (Å²) in [6.07, 6.45) is 6.83. The molecule has 142 valence electrons. The molecule has 1 aromatic rings. The maximum atomic E-state index is 12.7. The van der Waals surface area contributed by atoms with Crippen LogP contribution in [0.5, 0.6) is 0 Å². The van der Waals surface area contributed by atoms with Crippen molar-refractivity contribution in [3.05, 3.63) is 29.8 Å². The fraction of sp³-hybridized carbons (Fsp3) is 0.619.